The summed E-state index contributed by atoms with van der Waals surface area (Å²) in [6, 6.07) is 37.3. The van der Waals surface area contributed by atoms with Crippen LogP contribution in [0.2, 0.25) is 0 Å². The fourth-order valence-electron chi connectivity index (χ4n) is 8.85. The molecule has 0 saturated heterocycles. The lowest BCUT2D eigenvalue weighted by Gasteiger charge is -2.29. The Labute approximate surface area is 287 Å². The number of allylic oxidation sites excluding steroid dienone is 3. The van der Waals surface area contributed by atoms with Gasteiger partial charge < -0.3 is 4.90 Å². The van der Waals surface area contributed by atoms with Crippen LogP contribution in [0.1, 0.15) is 42.0 Å². The summed E-state index contributed by atoms with van der Waals surface area (Å²) in [5.74, 6) is 0. The zero-order valence-corrected chi connectivity index (χ0v) is 28.3. The van der Waals surface area contributed by atoms with Crippen molar-refractivity contribution in [3.05, 3.63) is 143 Å². The molecular formula is C47H38N2. The van der Waals surface area contributed by atoms with E-state index in [2.05, 4.69) is 147 Å². The Morgan fingerprint density at radius 1 is 0.592 bits per heavy atom. The van der Waals surface area contributed by atoms with Gasteiger partial charge in [0.1, 0.15) is 0 Å². The van der Waals surface area contributed by atoms with Gasteiger partial charge in [0.25, 0.3) is 0 Å². The largest absolute Gasteiger partial charge is 0.338 e. The third-order valence-electron chi connectivity index (χ3n) is 11.2. The monoisotopic (exact) mass is 630 g/mol. The van der Waals surface area contributed by atoms with Crippen LogP contribution < -0.4 is 4.90 Å². The van der Waals surface area contributed by atoms with E-state index in [1.807, 2.05) is 0 Å². The normalized spacial score (nSPS) is 16.7. The first-order valence-corrected chi connectivity index (χ1v) is 17.8. The minimum atomic E-state index is 0.356. The fraction of sp³-hybridized carbons (Fsp3) is 0.170. The average Bonchev–Trinajstić information content (AvgIpc) is 3.77. The van der Waals surface area contributed by atoms with Crippen molar-refractivity contribution < 1.29 is 0 Å². The summed E-state index contributed by atoms with van der Waals surface area (Å²) >= 11 is 0. The molecule has 49 heavy (non-hydrogen) atoms. The summed E-state index contributed by atoms with van der Waals surface area (Å²) in [4.78, 5) is 7.80. The number of hydrogen-bond acceptors (Lipinski definition) is 2. The Morgan fingerprint density at radius 3 is 1.84 bits per heavy atom. The van der Waals surface area contributed by atoms with Crippen LogP contribution >= 0.6 is 0 Å². The van der Waals surface area contributed by atoms with E-state index in [9.17, 15) is 0 Å². The highest BCUT2D eigenvalue weighted by molar-refractivity contribution is 6.31. The number of aryl methyl sites for hydroxylation is 2. The van der Waals surface area contributed by atoms with Crippen molar-refractivity contribution >= 4 is 60.7 Å². The first-order chi connectivity index (χ1) is 24.0. The van der Waals surface area contributed by atoms with E-state index in [4.69, 9.17) is 4.99 Å². The molecule has 2 heterocycles. The van der Waals surface area contributed by atoms with Gasteiger partial charge in [-0.1, -0.05) is 108 Å². The molecule has 0 spiro atoms. The van der Waals surface area contributed by atoms with E-state index in [0.717, 1.165) is 31.4 Å². The molecule has 2 nitrogen and oxygen atoms in total. The Kier molecular flexibility index (Phi) is 6.27. The zero-order valence-electron chi connectivity index (χ0n) is 28.3. The van der Waals surface area contributed by atoms with Crippen LogP contribution in [0, 0.1) is 13.8 Å². The third-order valence-corrected chi connectivity index (χ3v) is 11.2. The summed E-state index contributed by atoms with van der Waals surface area (Å²) in [5, 5.41) is 10.6. The fourth-order valence-corrected chi connectivity index (χ4v) is 8.85. The number of rotatable bonds is 3. The molecule has 0 aromatic heterocycles. The second kappa shape index (κ2) is 10.8. The Bertz CT molecular complexity index is 2620. The van der Waals surface area contributed by atoms with Gasteiger partial charge in [-0.25, -0.2) is 0 Å². The topological polar surface area (TPSA) is 15.6 Å². The van der Waals surface area contributed by atoms with Gasteiger partial charge in [-0.3, -0.25) is 4.99 Å². The quantitative estimate of drug-likeness (QED) is 0.177. The minimum Gasteiger partial charge on any atom is -0.338 e. The molecule has 0 N–H and O–H groups in total. The van der Waals surface area contributed by atoms with Gasteiger partial charge in [-0.2, -0.15) is 0 Å². The Hall–Kier alpha value is -5.47. The Morgan fingerprint density at radius 2 is 1.18 bits per heavy atom. The first kappa shape index (κ1) is 28.5. The number of aliphatic imine (C=N–C) groups is 1. The van der Waals surface area contributed by atoms with E-state index in [1.165, 1.54) is 99.0 Å². The van der Waals surface area contributed by atoms with Crippen molar-refractivity contribution in [3.63, 3.8) is 0 Å². The second-order valence-electron chi connectivity index (χ2n) is 14.4. The van der Waals surface area contributed by atoms with Crippen molar-refractivity contribution in [3.8, 4) is 22.3 Å². The average molecular weight is 631 g/mol. The molecule has 2 aliphatic heterocycles. The number of benzene rings is 7. The highest BCUT2D eigenvalue weighted by Crippen LogP contribution is 2.52. The lowest BCUT2D eigenvalue weighted by atomic mass is 9.85. The lowest BCUT2D eigenvalue weighted by Crippen LogP contribution is -2.28. The summed E-state index contributed by atoms with van der Waals surface area (Å²) in [6.07, 6.45) is 13.3. The van der Waals surface area contributed by atoms with Crippen LogP contribution in [-0.4, -0.2) is 12.3 Å². The summed E-state index contributed by atoms with van der Waals surface area (Å²) in [5.41, 5.74) is 14.3. The van der Waals surface area contributed by atoms with Gasteiger partial charge in [0.15, 0.2) is 0 Å². The van der Waals surface area contributed by atoms with Crippen molar-refractivity contribution in [2.45, 2.75) is 52.5 Å². The van der Waals surface area contributed by atoms with E-state index in [0.29, 0.717) is 6.04 Å². The number of fused-ring (bicyclic) bond motifs is 13. The maximum absolute atomic E-state index is 5.16. The SMILES string of the molecule is Cc1ccc(-c2ccc3c4c(c5c(ccc6c7cc(-c8ccc(C)cc8)ccc7c7c(c65)N=CC7)c3c2)CC(C)N4C2=CCCC=C2)cc1. The zero-order chi connectivity index (χ0) is 32.8. The van der Waals surface area contributed by atoms with E-state index < -0.39 is 0 Å². The molecular weight excluding hydrogens is 593 g/mol. The summed E-state index contributed by atoms with van der Waals surface area (Å²) < 4.78 is 0. The van der Waals surface area contributed by atoms with Crippen LogP contribution in [0.4, 0.5) is 11.4 Å². The molecule has 0 radical (unpaired) electrons. The van der Waals surface area contributed by atoms with Crippen LogP contribution in [0.5, 0.6) is 0 Å². The Balaban J connectivity index is 1.34. The molecule has 1 unspecified atom stereocenters. The lowest BCUT2D eigenvalue weighted by molar-refractivity contribution is 0.736. The maximum Gasteiger partial charge on any atom is 0.0752 e. The predicted octanol–water partition coefficient (Wildman–Crippen LogP) is 12.5. The van der Waals surface area contributed by atoms with Crippen LogP contribution in [0.15, 0.2) is 126 Å². The first-order valence-electron chi connectivity index (χ1n) is 17.8. The van der Waals surface area contributed by atoms with Crippen molar-refractivity contribution in [2.75, 3.05) is 4.90 Å². The van der Waals surface area contributed by atoms with Crippen molar-refractivity contribution in [1.29, 1.82) is 0 Å². The van der Waals surface area contributed by atoms with Gasteiger partial charge >= 0.3 is 0 Å². The number of nitrogens with zero attached hydrogens (tertiary/aromatic N) is 2. The molecule has 3 aliphatic rings. The van der Waals surface area contributed by atoms with Crippen molar-refractivity contribution in [1.82, 2.24) is 0 Å². The van der Waals surface area contributed by atoms with Crippen LogP contribution in [-0.2, 0) is 12.8 Å². The van der Waals surface area contributed by atoms with Crippen LogP contribution in [0.3, 0.4) is 0 Å². The molecule has 1 atom stereocenters. The second-order valence-corrected chi connectivity index (χ2v) is 14.4. The number of hydrogen-bond donors (Lipinski definition) is 0. The molecule has 0 amide bonds. The van der Waals surface area contributed by atoms with Gasteiger partial charge in [0, 0.05) is 35.1 Å². The molecule has 7 aromatic carbocycles. The molecule has 0 bridgehead atoms. The summed E-state index contributed by atoms with van der Waals surface area (Å²) in [7, 11) is 0. The highest BCUT2D eigenvalue weighted by atomic mass is 15.2. The maximum atomic E-state index is 5.16. The highest BCUT2D eigenvalue weighted by Gasteiger charge is 2.34. The van der Waals surface area contributed by atoms with Crippen molar-refractivity contribution in [2.24, 2.45) is 4.99 Å². The van der Waals surface area contributed by atoms with E-state index >= 15 is 0 Å². The third kappa shape index (κ3) is 4.30. The molecule has 0 fully saturated rings. The van der Waals surface area contributed by atoms with E-state index in [1.54, 1.807) is 0 Å². The molecule has 0 saturated carbocycles. The van der Waals surface area contributed by atoms with Gasteiger partial charge in [-0.15, -0.1) is 0 Å². The molecule has 10 rings (SSSR count). The summed E-state index contributed by atoms with van der Waals surface area (Å²) in [6.45, 7) is 6.71. The van der Waals surface area contributed by atoms with Crippen LogP contribution in [0.25, 0.3) is 65.3 Å². The van der Waals surface area contributed by atoms with E-state index in [-0.39, 0.29) is 0 Å². The number of anilines is 1. The van der Waals surface area contributed by atoms with Gasteiger partial charge in [-0.05, 0) is 124 Å². The minimum absolute atomic E-state index is 0.356. The molecule has 2 heteroatoms. The smallest absolute Gasteiger partial charge is 0.0752 e. The van der Waals surface area contributed by atoms with Gasteiger partial charge in [0.2, 0.25) is 0 Å². The van der Waals surface area contributed by atoms with Gasteiger partial charge in [0.05, 0.1) is 11.4 Å². The molecule has 236 valence electrons. The molecule has 7 aromatic rings. The predicted molar refractivity (Wildman–Crippen MR) is 211 cm³/mol. The molecule has 1 aliphatic carbocycles. The standard InChI is InChI=1S/C47H38N2/c1-28-9-13-31(14-10-28)33-17-19-36-39-23-24-48-46(39)45-38(41(36)26-33)22-21-37-42-27-34(32-15-11-29(2)12-16-32)18-20-40(42)47-43(44(37)45)25-30(3)49(47)35-7-5-4-6-8-35/h5,7-22,24,26-27,30H,4,6,23,25H2,1-3H3.